The van der Waals surface area contributed by atoms with Crippen LogP contribution >= 0.6 is 24.0 Å². The van der Waals surface area contributed by atoms with Gasteiger partial charge in [-0.2, -0.15) is 0 Å². The fraction of sp³-hybridized carbons (Fsp3) is 0.750. The third-order valence-electron chi connectivity index (χ3n) is 3.00. The van der Waals surface area contributed by atoms with Crippen molar-refractivity contribution in [2.75, 3.05) is 13.1 Å². The molecule has 6 nitrogen and oxygen atoms in total. The van der Waals surface area contributed by atoms with Gasteiger partial charge in [0.25, 0.3) is 0 Å². The number of aliphatic imine (C=N–C) groups is 1. The zero-order valence-electron chi connectivity index (χ0n) is 11.5. The molecule has 1 unspecified atom stereocenters. The quantitative estimate of drug-likeness (QED) is 0.319. The molecule has 0 radical (unpaired) electrons. The Morgan fingerprint density at radius 2 is 2.00 bits per heavy atom. The second-order valence-corrected chi connectivity index (χ2v) is 4.51. The van der Waals surface area contributed by atoms with Gasteiger partial charge in [-0.3, -0.25) is 19.5 Å². The second-order valence-electron chi connectivity index (χ2n) is 4.51. The summed E-state index contributed by atoms with van der Waals surface area (Å²) in [6.45, 7) is 4.74. The summed E-state index contributed by atoms with van der Waals surface area (Å²) in [6, 6.07) is 0.270. The molecule has 0 spiro atoms. The van der Waals surface area contributed by atoms with E-state index in [1.165, 1.54) is 4.90 Å². The Balaban J connectivity index is 0.00000324. The molecule has 0 aromatic carbocycles. The van der Waals surface area contributed by atoms with E-state index >= 15 is 0 Å². The maximum atomic E-state index is 11.5. The highest BCUT2D eigenvalue weighted by Crippen LogP contribution is 2.11. The molecule has 19 heavy (non-hydrogen) atoms. The van der Waals surface area contributed by atoms with Gasteiger partial charge in [0.1, 0.15) is 0 Å². The molecular weight excluding hydrogens is 359 g/mol. The van der Waals surface area contributed by atoms with Crippen molar-refractivity contribution >= 4 is 41.8 Å². The molecule has 3 N–H and O–H groups in total. The molecule has 1 saturated heterocycles. The van der Waals surface area contributed by atoms with Crippen LogP contribution in [0.3, 0.4) is 0 Å². The van der Waals surface area contributed by atoms with Crippen molar-refractivity contribution in [2.45, 2.75) is 45.6 Å². The van der Waals surface area contributed by atoms with Crippen LogP contribution in [0, 0.1) is 0 Å². The molecule has 1 atom stereocenters. The first-order valence-corrected chi connectivity index (χ1v) is 6.44. The number of likely N-dealkylation sites (tertiary alicyclic amines) is 1. The van der Waals surface area contributed by atoms with Gasteiger partial charge in [-0.25, -0.2) is 0 Å². The van der Waals surface area contributed by atoms with Crippen LogP contribution in [0.25, 0.3) is 0 Å². The number of nitrogens with zero attached hydrogens (tertiary/aromatic N) is 2. The number of halogens is 1. The number of hydrogen-bond acceptors (Lipinski definition) is 3. The number of carbonyl (C=O) groups excluding carboxylic acids is 2. The van der Waals surface area contributed by atoms with Gasteiger partial charge in [0.2, 0.25) is 11.8 Å². The standard InChI is InChI=1S/C12H22N4O2.HI/c1-3-9(2)15-12(13)14-7-8-16-10(17)5-4-6-11(16)18;/h9H,3-8H2,1-2H3,(H3,13,14,15);1H. The highest BCUT2D eigenvalue weighted by atomic mass is 127. The number of imide groups is 1. The fourth-order valence-corrected chi connectivity index (χ4v) is 1.72. The monoisotopic (exact) mass is 382 g/mol. The number of nitrogens with one attached hydrogen (secondary N) is 1. The minimum Gasteiger partial charge on any atom is -0.370 e. The largest absolute Gasteiger partial charge is 0.370 e. The number of nitrogens with two attached hydrogens (primary N) is 1. The third kappa shape index (κ3) is 6.22. The zero-order valence-corrected chi connectivity index (χ0v) is 13.8. The van der Waals surface area contributed by atoms with Crippen LogP contribution < -0.4 is 11.1 Å². The SMILES string of the molecule is CCC(C)NC(N)=NCCN1C(=O)CCCC1=O.I. The fourth-order valence-electron chi connectivity index (χ4n) is 1.72. The topological polar surface area (TPSA) is 87.8 Å². The van der Waals surface area contributed by atoms with Crippen molar-refractivity contribution in [3.8, 4) is 0 Å². The van der Waals surface area contributed by atoms with Crippen LogP contribution in [0.1, 0.15) is 39.5 Å². The molecule has 0 bridgehead atoms. The Morgan fingerprint density at radius 1 is 1.42 bits per heavy atom. The third-order valence-corrected chi connectivity index (χ3v) is 3.00. The van der Waals surface area contributed by atoms with E-state index in [-0.39, 0.29) is 41.8 Å². The lowest BCUT2D eigenvalue weighted by Crippen LogP contribution is -2.42. The molecular formula is C12H23IN4O2. The van der Waals surface area contributed by atoms with Gasteiger partial charge in [-0.05, 0) is 19.8 Å². The summed E-state index contributed by atoms with van der Waals surface area (Å²) in [5, 5.41) is 3.03. The van der Waals surface area contributed by atoms with Crippen LogP contribution in [0.5, 0.6) is 0 Å². The Morgan fingerprint density at radius 3 is 2.53 bits per heavy atom. The van der Waals surface area contributed by atoms with Crippen molar-refractivity contribution in [2.24, 2.45) is 10.7 Å². The number of amides is 2. The first-order valence-electron chi connectivity index (χ1n) is 6.44. The van der Waals surface area contributed by atoms with E-state index < -0.39 is 0 Å². The van der Waals surface area contributed by atoms with E-state index in [1.54, 1.807) is 0 Å². The molecule has 0 aromatic heterocycles. The first-order chi connectivity index (χ1) is 8.54. The predicted molar refractivity (Wildman–Crippen MR) is 85.4 cm³/mol. The molecule has 1 rings (SSSR count). The Kier molecular flexibility index (Phi) is 8.70. The summed E-state index contributed by atoms with van der Waals surface area (Å²) in [4.78, 5) is 28.4. The molecule has 0 saturated carbocycles. The smallest absolute Gasteiger partial charge is 0.229 e. The number of rotatable bonds is 5. The van der Waals surface area contributed by atoms with E-state index in [0.29, 0.717) is 38.3 Å². The van der Waals surface area contributed by atoms with E-state index in [2.05, 4.69) is 17.2 Å². The maximum absolute atomic E-state index is 11.5. The molecule has 0 aromatic rings. The zero-order chi connectivity index (χ0) is 13.5. The average molecular weight is 382 g/mol. The van der Waals surface area contributed by atoms with Crippen molar-refractivity contribution in [3.63, 3.8) is 0 Å². The summed E-state index contributed by atoms with van der Waals surface area (Å²) in [7, 11) is 0. The Labute approximate surface area is 131 Å². The summed E-state index contributed by atoms with van der Waals surface area (Å²) >= 11 is 0. The van der Waals surface area contributed by atoms with Crippen LogP contribution in [0.15, 0.2) is 4.99 Å². The van der Waals surface area contributed by atoms with Crippen LogP contribution in [0.4, 0.5) is 0 Å². The molecule has 110 valence electrons. The summed E-state index contributed by atoms with van der Waals surface area (Å²) < 4.78 is 0. The molecule has 1 fully saturated rings. The minimum absolute atomic E-state index is 0. The van der Waals surface area contributed by atoms with Crippen molar-refractivity contribution in [1.29, 1.82) is 0 Å². The van der Waals surface area contributed by atoms with Gasteiger partial charge in [0.05, 0.1) is 6.54 Å². The van der Waals surface area contributed by atoms with Gasteiger partial charge in [0.15, 0.2) is 5.96 Å². The van der Waals surface area contributed by atoms with Crippen molar-refractivity contribution in [1.82, 2.24) is 10.2 Å². The molecule has 1 aliphatic rings. The summed E-state index contributed by atoms with van der Waals surface area (Å²) in [6.07, 6.45) is 2.53. The van der Waals surface area contributed by atoms with Crippen molar-refractivity contribution in [3.05, 3.63) is 0 Å². The van der Waals surface area contributed by atoms with Gasteiger partial charge in [-0.15, -0.1) is 24.0 Å². The molecule has 1 heterocycles. The maximum Gasteiger partial charge on any atom is 0.229 e. The summed E-state index contributed by atoms with van der Waals surface area (Å²) in [5.41, 5.74) is 5.69. The van der Waals surface area contributed by atoms with Crippen LogP contribution in [-0.2, 0) is 9.59 Å². The lowest BCUT2D eigenvalue weighted by Gasteiger charge is -2.24. The average Bonchev–Trinajstić information content (AvgIpc) is 2.32. The van der Waals surface area contributed by atoms with Gasteiger partial charge in [0, 0.05) is 25.4 Å². The number of carbonyl (C=O) groups is 2. The van der Waals surface area contributed by atoms with Gasteiger partial charge < -0.3 is 11.1 Å². The number of guanidine groups is 1. The predicted octanol–water partition coefficient (Wildman–Crippen LogP) is 0.846. The highest BCUT2D eigenvalue weighted by molar-refractivity contribution is 14.0. The molecule has 7 heteroatoms. The highest BCUT2D eigenvalue weighted by Gasteiger charge is 2.24. The lowest BCUT2D eigenvalue weighted by atomic mass is 10.1. The van der Waals surface area contributed by atoms with Gasteiger partial charge >= 0.3 is 0 Å². The Bertz CT molecular complexity index is 331. The van der Waals surface area contributed by atoms with E-state index in [4.69, 9.17) is 5.73 Å². The van der Waals surface area contributed by atoms with Crippen molar-refractivity contribution < 1.29 is 9.59 Å². The number of hydrogen-bond donors (Lipinski definition) is 2. The molecule has 0 aliphatic carbocycles. The van der Waals surface area contributed by atoms with Crippen LogP contribution in [0.2, 0.25) is 0 Å². The second kappa shape index (κ2) is 9.11. The van der Waals surface area contributed by atoms with E-state index in [0.717, 1.165) is 6.42 Å². The van der Waals surface area contributed by atoms with E-state index in [9.17, 15) is 9.59 Å². The number of piperidine rings is 1. The summed E-state index contributed by atoms with van der Waals surface area (Å²) in [5.74, 6) is 0.158. The first kappa shape index (κ1) is 18.1. The van der Waals surface area contributed by atoms with Gasteiger partial charge in [-0.1, -0.05) is 6.92 Å². The minimum atomic E-state index is -0.102. The normalized spacial score (nSPS) is 18.0. The lowest BCUT2D eigenvalue weighted by molar-refractivity contribution is -0.147. The molecule has 2 amide bonds. The molecule has 1 aliphatic heterocycles. The van der Waals surface area contributed by atoms with Crippen LogP contribution in [-0.4, -0.2) is 41.8 Å². The van der Waals surface area contributed by atoms with E-state index in [1.807, 2.05) is 6.92 Å². The Hall–Kier alpha value is -0.860.